The normalized spacial score (nSPS) is 11.9. The number of ether oxygens (including phenoxy) is 1. The second kappa shape index (κ2) is 10.6. The zero-order chi connectivity index (χ0) is 19.6. The number of nitrogens with one attached hydrogen (secondary N) is 2. The molecule has 6 nitrogen and oxygen atoms in total. The molecule has 0 aliphatic heterocycles. The molecule has 0 saturated heterocycles. The van der Waals surface area contributed by atoms with E-state index in [4.69, 9.17) is 9.26 Å². The van der Waals surface area contributed by atoms with Gasteiger partial charge in [0.2, 0.25) is 0 Å². The average molecular weight is 373 g/mol. The fraction of sp³-hybridized carbons (Fsp3) is 0.524. The first-order valence-electron chi connectivity index (χ1n) is 9.60. The zero-order valence-corrected chi connectivity index (χ0v) is 17.1. The summed E-state index contributed by atoms with van der Waals surface area (Å²) in [6, 6.07) is 10.1. The maximum atomic E-state index is 5.94. The number of guanidine groups is 1. The topological polar surface area (TPSA) is 71.7 Å². The molecule has 0 spiro atoms. The Morgan fingerprint density at radius 2 is 1.89 bits per heavy atom. The van der Waals surface area contributed by atoms with Gasteiger partial charge in [-0.3, -0.25) is 4.99 Å². The molecule has 0 atom stereocenters. The molecule has 1 heterocycles. The van der Waals surface area contributed by atoms with Gasteiger partial charge < -0.3 is 19.9 Å². The minimum Gasteiger partial charge on any atom is -0.493 e. The van der Waals surface area contributed by atoms with Crippen LogP contribution in [0.4, 0.5) is 0 Å². The third-order valence-electron chi connectivity index (χ3n) is 4.19. The smallest absolute Gasteiger partial charge is 0.191 e. The average Bonchev–Trinajstić information content (AvgIpc) is 3.12. The van der Waals surface area contributed by atoms with E-state index in [1.165, 1.54) is 0 Å². The summed E-state index contributed by atoms with van der Waals surface area (Å²) < 4.78 is 11.3. The molecule has 0 radical (unpaired) electrons. The van der Waals surface area contributed by atoms with Crippen LogP contribution in [0.3, 0.4) is 0 Å². The van der Waals surface area contributed by atoms with Crippen molar-refractivity contribution in [3.8, 4) is 5.75 Å². The number of hydrogen-bond donors (Lipinski definition) is 2. The summed E-state index contributed by atoms with van der Waals surface area (Å²) in [6.45, 7) is 10.5. The van der Waals surface area contributed by atoms with Gasteiger partial charge in [-0.15, -0.1) is 0 Å². The van der Waals surface area contributed by atoms with Crippen LogP contribution in [0.25, 0.3) is 0 Å². The summed E-state index contributed by atoms with van der Waals surface area (Å²) >= 11 is 0. The van der Waals surface area contributed by atoms with E-state index >= 15 is 0 Å². The molecule has 148 valence electrons. The quantitative estimate of drug-likeness (QED) is 0.512. The number of hydrogen-bond acceptors (Lipinski definition) is 4. The third kappa shape index (κ3) is 6.96. The molecule has 2 aromatic rings. The van der Waals surface area contributed by atoms with Crippen molar-refractivity contribution in [3.63, 3.8) is 0 Å². The van der Waals surface area contributed by atoms with Gasteiger partial charge >= 0.3 is 0 Å². The first-order chi connectivity index (χ1) is 13.0. The summed E-state index contributed by atoms with van der Waals surface area (Å²) in [4.78, 5) is 4.27. The first kappa shape index (κ1) is 20.8. The third-order valence-corrected chi connectivity index (χ3v) is 4.19. The Bertz CT molecular complexity index is 722. The summed E-state index contributed by atoms with van der Waals surface area (Å²) in [5.41, 5.74) is 2.06. The van der Waals surface area contributed by atoms with E-state index in [9.17, 15) is 0 Å². The van der Waals surface area contributed by atoms with E-state index in [1.807, 2.05) is 24.3 Å². The lowest BCUT2D eigenvalue weighted by molar-refractivity contribution is 0.286. The molecule has 0 aliphatic carbocycles. The van der Waals surface area contributed by atoms with Crippen LogP contribution in [-0.4, -0.2) is 24.8 Å². The van der Waals surface area contributed by atoms with Gasteiger partial charge in [0.1, 0.15) is 5.75 Å². The summed E-state index contributed by atoms with van der Waals surface area (Å²) in [5.74, 6) is 3.39. The van der Waals surface area contributed by atoms with E-state index in [2.05, 4.69) is 54.5 Å². The molecular weight excluding hydrogens is 340 g/mol. The minimum absolute atomic E-state index is 0.354. The van der Waals surface area contributed by atoms with Crippen molar-refractivity contribution < 1.29 is 9.26 Å². The molecule has 2 rings (SSSR count). The first-order valence-corrected chi connectivity index (χ1v) is 9.60. The molecular formula is C21H32N4O2. The molecule has 0 unspecified atom stereocenters. The Morgan fingerprint density at radius 3 is 2.56 bits per heavy atom. The second-order valence-corrected chi connectivity index (χ2v) is 7.29. The summed E-state index contributed by atoms with van der Waals surface area (Å²) in [6.07, 6.45) is 1.04. The Kier molecular flexibility index (Phi) is 8.17. The van der Waals surface area contributed by atoms with E-state index in [0.29, 0.717) is 30.9 Å². The molecule has 1 aromatic carbocycles. The molecule has 1 aromatic heterocycles. The highest BCUT2D eigenvalue weighted by Gasteiger charge is 2.09. The second-order valence-electron chi connectivity index (χ2n) is 7.29. The molecule has 0 fully saturated rings. The Morgan fingerprint density at radius 1 is 1.15 bits per heavy atom. The molecule has 0 saturated carbocycles. The molecule has 0 aliphatic rings. The van der Waals surface area contributed by atoms with Gasteiger partial charge in [0.15, 0.2) is 11.7 Å². The summed E-state index contributed by atoms with van der Waals surface area (Å²) in [7, 11) is 1.75. The molecule has 6 heteroatoms. The number of aliphatic imine (C=N–C) groups is 1. The maximum absolute atomic E-state index is 5.94. The molecule has 27 heavy (non-hydrogen) atoms. The van der Waals surface area contributed by atoms with Gasteiger partial charge in [-0.05, 0) is 24.3 Å². The van der Waals surface area contributed by atoms with Crippen LogP contribution in [0.15, 0.2) is 39.8 Å². The van der Waals surface area contributed by atoms with Crippen molar-refractivity contribution in [2.24, 2.45) is 10.9 Å². The monoisotopic (exact) mass is 372 g/mol. The maximum Gasteiger partial charge on any atom is 0.191 e. The van der Waals surface area contributed by atoms with Crippen LogP contribution in [0.5, 0.6) is 5.75 Å². The zero-order valence-electron chi connectivity index (χ0n) is 17.1. The number of benzene rings is 1. The predicted molar refractivity (Wildman–Crippen MR) is 109 cm³/mol. The predicted octanol–water partition coefficient (Wildman–Crippen LogP) is 4.09. The van der Waals surface area contributed by atoms with Crippen molar-refractivity contribution in [1.82, 2.24) is 15.8 Å². The van der Waals surface area contributed by atoms with Gasteiger partial charge in [-0.1, -0.05) is 51.1 Å². The fourth-order valence-electron chi connectivity index (χ4n) is 2.45. The van der Waals surface area contributed by atoms with Crippen LogP contribution in [0.1, 0.15) is 57.1 Å². The van der Waals surface area contributed by atoms with E-state index in [0.717, 1.165) is 35.8 Å². The standard InChI is InChI=1S/C21H32N4O2/c1-15(2)10-11-26-20-9-7-6-8-17(20)13-23-21(22-5)24-14-18-12-19(16(3)4)25-27-18/h6-9,12,15-16H,10-11,13-14H2,1-5H3,(H2,22,23,24). The van der Waals surface area contributed by atoms with E-state index < -0.39 is 0 Å². The highest BCUT2D eigenvalue weighted by atomic mass is 16.5. The lowest BCUT2D eigenvalue weighted by Gasteiger charge is -2.15. The van der Waals surface area contributed by atoms with Crippen molar-refractivity contribution >= 4 is 5.96 Å². The van der Waals surface area contributed by atoms with Gasteiger partial charge in [0.05, 0.1) is 18.8 Å². The van der Waals surface area contributed by atoms with Gasteiger partial charge in [-0.25, -0.2) is 0 Å². The van der Waals surface area contributed by atoms with Gasteiger partial charge in [0, 0.05) is 25.2 Å². The number of nitrogens with zero attached hydrogens (tertiary/aromatic N) is 2. The van der Waals surface area contributed by atoms with Crippen molar-refractivity contribution in [2.75, 3.05) is 13.7 Å². The summed E-state index contributed by atoms with van der Waals surface area (Å²) in [5, 5.41) is 10.6. The highest BCUT2D eigenvalue weighted by molar-refractivity contribution is 5.79. The number of para-hydroxylation sites is 1. The van der Waals surface area contributed by atoms with Crippen LogP contribution in [0.2, 0.25) is 0 Å². The Labute approximate surface area is 162 Å². The van der Waals surface area contributed by atoms with Crippen molar-refractivity contribution in [3.05, 3.63) is 47.3 Å². The highest BCUT2D eigenvalue weighted by Crippen LogP contribution is 2.18. The minimum atomic E-state index is 0.354. The van der Waals surface area contributed by atoms with Crippen LogP contribution >= 0.6 is 0 Å². The lowest BCUT2D eigenvalue weighted by Crippen LogP contribution is -2.36. The van der Waals surface area contributed by atoms with Crippen LogP contribution < -0.4 is 15.4 Å². The molecule has 0 bridgehead atoms. The van der Waals surface area contributed by atoms with Crippen molar-refractivity contribution in [2.45, 2.75) is 53.1 Å². The number of rotatable bonds is 9. The molecule has 2 N–H and O–H groups in total. The largest absolute Gasteiger partial charge is 0.493 e. The molecule has 0 amide bonds. The van der Waals surface area contributed by atoms with Crippen LogP contribution in [-0.2, 0) is 13.1 Å². The Balaban J connectivity index is 1.86. The lowest BCUT2D eigenvalue weighted by atomic mass is 10.1. The van der Waals surface area contributed by atoms with Gasteiger partial charge in [0.25, 0.3) is 0 Å². The van der Waals surface area contributed by atoms with Gasteiger partial charge in [-0.2, -0.15) is 0 Å². The van der Waals surface area contributed by atoms with E-state index in [1.54, 1.807) is 7.05 Å². The SMILES string of the molecule is CN=C(NCc1cc(C(C)C)no1)NCc1ccccc1OCCC(C)C. The fourth-order valence-corrected chi connectivity index (χ4v) is 2.45. The Hall–Kier alpha value is -2.50. The van der Waals surface area contributed by atoms with E-state index in [-0.39, 0.29) is 0 Å². The van der Waals surface area contributed by atoms with Crippen LogP contribution in [0, 0.1) is 5.92 Å². The van der Waals surface area contributed by atoms with Crippen molar-refractivity contribution in [1.29, 1.82) is 0 Å². The number of aromatic nitrogens is 1.